The van der Waals surface area contributed by atoms with Crippen LogP contribution in [0.4, 0.5) is 0 Å². The zero-order valence-electron chi connectivity index (χ0n) is 14.3. The fourth-order valence-electron chi connectivity index (χ4n) is 1.66. The number of nitrogens with one attached hydrogen (secondary N) is 1. The second kappa shape index (κ2) is 9.43. The van der Waals surface area contributed by atoms with Gasteiger partial charge in [-0.15, -0.1) is 0 Å². The summed E-state index contributed by atoms with van der Waals surface area (Å²) in [4.78, 5) is 34.5. The molecule has 0 radical (unpaired) electrons. The lowest BCUT2D eigenvalue weighted by atomic mass is 9.99. The fraction of sp³-hybridized carbons (Fsp3) is 0.812. The van der Waals surface area contributed by atoms with Gasteiger partial charge in [-0.25, -0.2) is 4.79 Å². The summed E-state index contributed by atoms with van der Waals surface area (Å²) in [7, 11) is 0. The van der Waals surface area contributed by atoms with Crippen molar-refractivity contribution in [2.75, 3.05) is 6.61 Å². The number of hydrogen-bond donors (Lipinski definition) is 2. The van der Waals surface area contributed by atoms with Crippen molar-refractivity contribution in [3.8, 4) is 0 Å². The Kier molecular flexibility index (Phi) is 8.75. The van der Waals surface area contributed by atoms with Crippen molar-refractivity contribution in [2.24, 2.45) is 11.3 Å². The van der Waals surface area contributed by atoms with Crippen LogP contribution in [0, 0.1) is 11.3 Å². The van der Waals surface area contributed by atoms with Crippen LogP contribution in [-0.2, 0) is 19.1 Å². The third kappa shape index (κ3) is 11.1. The Morgan fingerprint density at radius 3 is 2.23 bits per heavy atom. The van der Waals surface area contributed by atoms with Gasteiger partial charge in [-0.05, 0) is 17.8 Å². The molecule has 22 heavy (non-hydrogen) atoms. The van der Waals surface area contributed by atoms with Crippen molar-refractivity contribution < 1.29 is 24.2 Å². The first-order valence-corrected chi connectivity index (χ1v) is 7.69. The minimum atomic E-state index is -1.24. The Morgan fingerprint density at radius 1 is 1.18 bits per heavy atom. The summed E-state index contributed by atoms with van der Waals surface area (Å²) in [5, 5.41) is 11.5. The quantitative estimate of drug-likeness (QED) is 0.637. The summed E-state index contributed by atoms with van der Waals surface area (Å²) < 4.78 is 5.03. The Labute approximate surface area is 132 Å². The van der Waals surface area contributed by atoms with E-state index in [0.29, 0.717) is 12.3 Å². The minimum absolute atomic E-state index is 0.186. The number of rotatable bonds is 9. The first kappa shape index (κ1) is 20.4. The summed E-state index contributed by atoms with van der Waals surface area (Å²) in [5.74, 6) is -1.71. The van der Waals surface area contributed by atoms with Gasteiger partial charge in [0, 0.05) is 6.42 Å². The molecule has 1 amide bonds. The molecule has 0 heterocycles. The average Bonchev–Trinajstić information content (AvgIpc) is 2.34. The van der Waals surface area contributed by atoms with Crippen molar-refractivity contribution in [1.82, 2.24) is 5.32 Å². The van der Waals surface area contributed by atoms with E-state index in [1.54, 1.807) is 0 Å². The Hall–Kier alpha value is -1.59. The maximum Gasteiger partial charge on any atom is 0.326 e. The van der Waals surface area contributed by atoms with Gasteiger partial charge in [-0.2, -0.15) is 0 Å². The molecule has 0 bridgehead atoms. The Bertz CT molecular complexity index is 384. The highest BCUT2D eigenvalue weighted by Gasteiger charge is 2.25. The summed E-state index contributed by atoms with van der Waals surface area (Å²) in [6.07, 6.45) is 1.50. The van der Waals surface area contributed by atoms with Gasteiger partial charge in [0.05, 0.1) is 13.0 Å². The first-order chi connectivity index (χ1) is 10.0. The van der Waals surface area contributed by atoms with Crippen molar-refractivity contribution in [3.05, 3.63) is 0 Å². The molecule has 0 aliphatic rings. The van der Waals surface area contributed by atoms with Gasteiger partial charge in [0.2, 0.25) is 5.91 Å². The molecule has 0 aromatic carbocycles. The van der Waals surface area contributed by atoms with Crippen LogP contribution in [0.1, 0.15) is 60.3 Å². The first-order valence-electron chi connectivity index (χ1n) is 7.69. The normalized spacial score (nSPS) is 12.8. The fourth-order valence-corrected chi connectivity index (χ4v) is 1.66. The number of carboxylic acids is 1. The number of hydrogen-bond acceptors (Lipinski definition) is 4. The molecular formula is C16H29NO5. The standard InChI is InChI=1S/C16H29NO5/c1-11(2)7-6-8-13(18)17-12(15(20)21)9-14(19)22-10-16(3,4)5/h11-12H,6-10H2,1-5H3,(H,17,18)(H,20,21). The van der Waals surface area contributed by atoms with Crippen molar-refractivity contribution in [2.45, 2.75) is 66.3 Å². The summed E-state index contributed by atoms with van der Waals surface area (Å²) >= 11 is 0. The zero-order chi connectivity index (χ0) is 17.3. The number of carbonyl (C=O) groups is 3. The maximum absolute atomic E-state index is 11.7. The van der Waals surface area contributed by atoms with E-state index in [0.717, 1.165) is 6.42 Å². The molecular weight excluding hydrogens is 286 g/mol. The number of aliphatic carboxylic acids is 1. The zero-order valence-corrected chi connectivity index (χ0v) is 14.3. The van der Waals surface area contributed by atoms with Gasteiger partial charge in [0.1, 0.15) is 6.04 Å². The van der Waals surface area contributed by atoms with Crippen LogP contribution >= 0.6 is 0 Å². The summed E-state index contributed by atoms with van der Waals surface area (Å²) in [5.41, 5.74) is -0.186. The Balaban J connectivity index is 4.28. The molecule has 0 rings (SSSR count). The Morgan fingerprint density at radius 2 is 1.77 bits per heavy atom. The molecule has 1 unspecified atom stereocenters. The van der Waals surface area contributed by atoms with Gasteiger partial charge in [0.15, 0.2) is 0 Å². The smallest absolute Gasteiger partial charge is 0.326 e. The predicted molar refractivity (Wildman–Crippen MR) is 83.3 cm³/mol. The van der Waals surface area contributed by atoms with Gasteiger partial charge in [0.25, 0.3) is 0 Å². The van der Waals surface area contributed by atoms with E-state index in [1.165, 1.54) is 0 Å². The molecule has 0 aliphatic carbocycles. The lowest BCUT2D eigenvalue weighted by Gasteiger charge is -2.19. The second-order valence-electron chi connectivity index (χ2n) is 7.17. The largest absolute Gasteiger partial charge is 0.480 e. The predicted octanol–water partition coefficient (Wildman–Crippen LogP) is 2.36. The van der Waals surface area contributed by atoms with Crippen LogP contribution in [0.25, 0.3) is 0 Å². The van der Waals surface area contributed by atoms with E-state index in [9.17, 15) is 14.4 Å². The van der Waals surface area contributed by atoms with E-state index in [-0.39, 0.29) is 30.8 Å². The van der Waals surface area contributed by atoms with Crippen molar-refractivity contribution >= 4 is 17.8 Å². The highest BCUT2D eigenvalue weighted by Crippen LogP contribution is 2.13. The highest BCUT2D eigenvalue weighted by atomic mass is 16.5. The third-order valence-corrected chi connectivity index (χ3v) is 2.86. The summed E-state index contributed by atoms with van der Waals surface area (Å²) in [6.45, 7) is 10.1. The molecule has 0 aromatic heterocycles. The molecule has 0 saturated heterocycles. The van der Waals surface area contributed by atoms with Crippen LogP contribution in [0.3, 0.4) is 0 Å². The number of amides is 1. The van der Waals surface area contributed by atoms with Crippen LogP contribution in [-0.4, -0.2) is 35.6 Å². The molecule has 0 spiro atoms. The molecule has 1 atom stereocenters. The monoisotopic (exact) mass is 315 g/mol. The van der Waals surface area contributed by atoms with Crippen LogP contribution in [0.5, 0.6) is 0 Å². The van der Waals surface area contributed by atoms with Crippen molar-refractivity contribution in [1.29, 1.82) is 0 Å². The topological polar surface area (TPSA) is 92.7 Å². The van der Waals surface area contributed by atoms with Crippen LogP contribution < -0.4 is 5.32 Å². The second-order valence-corrected chi connectivity index (χ2v) is 7.17. The maximum atomic E-state index is 11.7. The molecule has 0 saturated carbocycles. The summed E-state index contributed by atoms with van der Waals surface area (Å²) in [6, 6.07) is -1.24. The van der Waals surface area contributed by atoms with E-state index >= 15 is 0 Å². The molecule has 128 valence electrons. The van der Waals surface area contributed by atoms with Crippen LogP contribution in [0.15, 0.2) is 0 Å². The molecule has 6 heteroatoms. The van der Waals surface area contributed by atoms with Gasteiger partial charge in [-0.3, -0.25) is 9.59 Å². The SMILES string of the molecule is CC(C)CCCC(=O)NC(CC(=O)OCC(C)(C)C)C(=O)O. The lowest BCUT2D eigenvalue weighted by Crippen LogP contribution is -2.42. The highest BCUT2D eigenvalue weighted by molar-refractivity contribution is 5.87. The third-order valence-electron chi connectivity index (χ3n) is 2.86. The van der Waals surface area contributed by atoms with Crippen molar-refractivity contribution in [3.63, 3.8) is 0 Å². The van der Waals surface area contributed by atoms with E-state index in [1.807, 2.05) is 20.8 Å². The van der Waals surface area contributed by atoms with E-state index in [2.05, 4.69) is 19.2 Å². The molecule has 0 fully saturated rings. The minimum Gasteiger partial charge on any atom is -0.480 e. The number of carbonyl (C=O) groups excluding carboxylic acids is 2. The van der Waals surface area contributed by atoms with E-state index in [4.69, 9.17) is 9.84 Å². The molecule has 0 aromatic rings. The number of carboxylic acid groups (broad SMARTS) is 1. The number of esters is 1. The average molecular weight is 315 g/mol. The van der Waals surface area contributed by atoms with E-state index < -0.39 is 18.0 Å². The lowest BCUT2D eigenvalue weighted by molar-refractivity contribution is -0.152. The van der Waals surface area contributed by atoms with Crippen LogP contribution in [0.2, 0.25) is 0 Å². The van der Waals surface area contributed by atoms with Gasteiger partial charge < -0.3 is 15.2 Å². The molecule has 2 N–H and O–H groups in total. The van der Waals surface area contributed by atoms with Gasteiger partial charge >= 0.3 is 11.9 Å². The van der Waals surface area contributed by atoms with Gasteiger partial charge in [-0.1, -0.05) is 41.0 Å². The molecule has 0 aliphatic heterocycles. The molecule has 6 nitrogen and oxygen atoms in total. The number of ether oxygens (including phenoxy) is 1.